The van der Waals surface area contributed by atoms with Gasteiger partial charge in [-0.15, -0.1) is 0 Å². The Balaban J connectivity index is 2.09. The molecule has 2 aliphatic heterocycles. The van der Waals surface area contributed by atoms with Gasteiger partial charge in [0.1, 0.15) is 0 Å². The molecule has 0 radical (unpaired) electrons. The molecule has 5 nitrogen and oxygen atoms in total. The molecular weight excluding hydrogens is 413 g/mol. The van der Waals surface area contributed by atoms with E-state index in [0.29, 0.717) is 0 Å². The maximum absolute atomic E-state index is 13.2. The Morgan fingerprint density at radius 3 is 2.69 bits per heavy atom. The molecule has 0 aliphatic carbocycles. The van der Waals surface area contributed by atoms with Crippen LogP contribution in [0.15, 0.2) is 23.2 Å². The van der Waals surface area contributed by atoms with Crippen LogP contribution >= 0.6 is 23.4 Å². The van der Waals surface area contributed by atoms with Crippen molar-refractivity contribution < 1.29 is 26.4 Å². The third kappa shape index (κ3) is 3.72. The molecule has 0 saturated carbocycles. The second-order valence-electron chi connectivity index (χ2n) is 5.97. The summed E-state index contributed by atoms with van der Waals surface area (Å²) in [6, 6.07) is 2.77. The number of amidine groups is 1. The molecule has 3 rings (SSSR count). The number of carbonyl (C=O) groups is 1. The molecular formula is C15H14ClF3N2O3S2. The first-order valence-electron chi connectivity index (χ1n) is 7.66. The van der Waals surface area contributed by atoms with Crippen LogP contribution in [0.3, 0.4) is 0 Å². The molecule has 2 saturated heterocycles. The van der Waals surface area contributed by atoms with E-state index in [4.69, 9.17) is 11.6 Å². The summed E-state index contributed by atoms with van der Waals surface area (Å²) in [6.45, 7) is 1.62. The predicted octanol–water partition coefficient (Wildman–Crippen LogP) is 3.37. The summed E-state index contributed by atoms with van der Waals surface area (Å²) in [5, 5.41) is -0.613. The highest BCUT2D eigenvalue weighted by Gasteiger charge is 2.49. The lowest BCUT2D eigenvalue weighted by Crippen LogP contribution is -2.37. The van der Waals surface area contributed by atoms with Crippen LogP contribution in [0.5, 0.6) is 0 Å². The summed E-state index contributed by atoms with van der Waals surface area (Å²) in [7, 11) is -3.30. The van der Waals surface area contributed by atoms with E-state index in [9.17, 15) is 26.4 Å². The highest BCUT2D eigenvalue weighted by Crippen LogP contribution is 2.43. The van der Waals surface area contributed by atoms with E-state index in [1.54, 1.807) is 6.92 Å². The number of rotatable bonds is 2. The van der Waals surface area contributed by atoms with Crippen LogP contribution in [0.4, 0.5) is 18.9 Å². The lowest BCUT2D eigenvalue weighted by atomic mass is 10.1. The average Bonchev–Trinajstić information content (AvgIpc) is 2.97. The Labute approximate surface area is 157 Å². The lowest BCUT2D eigenvalue weighted by Gasteiger charge is -2.25. The molecule has 0 spiro atoms. The number of hydrogen-bond acceptors (Lipinski definition) is 4. The number of benzene rings is 1. The van der Waals surface area contributed by atoms with Gasteiger partial charge in [-0.05, 0) is 18.2 Å². The molecule has 1 aromatic carbocycles. The number of fused-ring (bicyclic) bond motifs is 1. The molecule has 142 valence electrons. The Morgan fingerprint density at radius 2 is 2.08 bits per heavy atom. The highest BCUT2D eigenvalue weighted by atomic mass is 35.5. The topological polar surface area (TPSA) is 66.8 Å². The van der Waals surface area contributed by atoms with Crippen molar-refractivity contribution in [3.8, 4) is 0 Å². The minimum absolute atomic E-state index is 0.0993. The average molecular weight is 427 g/mol. The number of anilines is 1. The largest absolute Gasteiger partial charge is 0.417 e. The van der Waals surface area contributed by atoms with Crippen LogP contribution in [0.2, 0.25) is 5.02 Å². The first-order chi connectivity index (χ1) is 12.0. The van der Waals surface area contributed by atoms with E-state index in [2.05, 4.69) is 4.99 Å². The first kappa shape index (κ1) is 19.5. The number of hydrogen-bond donors (Lipinski definition) is 0. The number of nitrogens with zero attached hydrogens (tertiary/aromatic N) is 2. The summed E-state index contributed by atoms with van der Waals surface area (Å²) in [4.78, 5) is 17.1. The summed E-state index contributed by atoms with van der Waals surface area (Å²) >= 11 is 6.77. The first-order valence-corrected chi connectivity index (χ1v) is 10.7. The summed E-state index contributed by atoms with van der Waals surface area (Å²) in [6.07, 6.45) is -4.52. The molecule has 2 aliphatic rings. The van der Waals surface area contributed by atoms with Gasteiger partial charge in [0, 0.05) is 17.4 Å². The third-order valence-electron chi connectivity index (χ3n) is 4.12. The fraction of sp³-hybridized carbons (Fsp3) is 0.467. The van der Waals surface area contributed by atoms with Crippen molar-refractivity contribution in [1.29, 1.82) is 0 Å². The lowest BCUT2D eigenvalue weighted by molar-refractivity contribution is -0.137. The zero-order valence-corrected chi connectivity index (χ0v) is 15.8. The second kappa shape index (κ2) is 6.72. The smallest absolute Gasteiger partial charge is 0.316 e. The van der Waals surface area contributed by atoms with Crippen molar-refractivity contribution in [2.24, 2.45) is 4.99 Å². The molecule has 2 heterocycles. The minimum atomic E-state index is -4.66. The molecule has 1 amide bonds. The molecule has 0 aromatic heterocycles. The summed E-state index contributed by atoms with van der Waals surface area (Å²) < 4.78 is 63.4. The maximum atomic E-state index is 13.2. The Bertz CT molecular complexity index is 887. The van der Waals surface area contributed by atoms with Gasteiger partial charge >= 0.3 is 6.18 Å². The van der Waals surface area contributed by atoms with Gasteiger partial charge in [0.05, 0.1) is 28.1 Å². The van der Waals surface area contributed by atoms with Crippen molar-refractivity contribution in [3.63, 3.8) is 0 Å². The van der Waals surface area contributed by atoms with Gasteiger partial charge in [-0.1, -0.05) is 30.3 Å². The fourth-order valence-electron chi connectivity index (χ4n) is 2.93. The quantitative estimate of drug-likeness (QED) is 0.725. The number of halogens is 4. The number of alkyl halides is 3. The monoisotopic (exact) mass is 426 g/mol. The van der Waals surface area contributed by atoms with Crippen molar-refractivity contribution in [2.75, 3.05) is 16.4 Å². The van der Waals surface area contributed by atoms with Gasteiger partial charge in [0.2, 0.25) is 5.91 Å². The molecule has 2 fully saturated rings. The maximum Gasteiger partial charge on any atom is 0.417 e. The van der Waals surface area contributed by atoms with Crippen LogP contribution in [0.25, 0.3) is 0 Å². The molecule has 0 bridgehead atoms. The Hall–Kier alpha value is -1.26. The number of sulfone groups is 1. The van der Waals surface area contributed by atoms with Crippen molar-refractivity contribution in [3.05, 3.63) is 28.8 Å². The highest BCUT2D eigenvalue weighted by molar-refractivity contribution is 8.16. The molecule has 26 heavy (non-hydrogen) atoms. The van der Waals surface area contributed by atoms with Gasteiger partial charge < -0.3 is 4.90 Å². The standard InChI is InChI=1S/C15H14ClF3N2O3S2/c1-2-13(22)20-14-21(11-6-26(23,24)7-12(11)25-14)8-3-4-10(16)9(5-8)15(17,18)19/h3-5,11-12H,2,6-7H2,1H3/t11-,12-/m0/s1. The molecule has 0 unspecified atom stereocenters. The van der Waals surface area contributed by atoms with E-state index in [1.165, 1.54) is 11.0 Å². The number of amides is 1. The van der Waals surface area contributed by atoms with Gasteiger partial charge in [-0.2, -0.15) is 18.2 Å². The fourth-order valence-corrected chi connectivity index (χ4v) is 7.09. The molecule has 2 atom stereocenters. The number of aliphatic imine (C=N–C) groups is 1. The summed E-state index contributed by atoms with van der Waals surface area (Å²) in [5.41, 5.74) is -0.909. The zero-order chi connectivity index (χ0) is 19.3. The van der Waals surface area contributed by atoms with E-state index >= 15 is 0 Å². The minimum Gasteiger partial charge on any atom is -0.316 e. The van der Waals surface area contributed by atoms with Gasteiger partial charge in [-0.25, -0.2) is 8.42 Å². The van der Waals surface area contributed by atoms with Crippen LogP contribution in [-0.4, -0.2) is 42.3 Å². The summed E-state index contributed by atoms with van der Waals surface area (Å²) in [5.74, 6) is -0.725. The Kier molecular flexibility index (Phi) is 5.04. The van der Waals surface area contributed by atoms with Crippen molar-refractivity contribution in [1.82, 2.24) is 0 Å². The van der Waals surface area contributed by atoms with Crippen LogP contribution in [0, 0.1) is 0 Å². The predicted molar refractivity (Wildman–Crippen MR) is 95.5 cm³/mol. The van der Waals surface area contributed by atoms with E-state index in [1.807, 2.05) is 0 Å². The SMILES string of the molecule is CCC(=O)N=C1S[C@H]2CS(=O)(=O)C[C@@H]2N1c1ccc(Cl)c(C(F)(F)F)c1. The number of thioether (sulfide) groups is 1. The number of carbonyl (C=O) groups excluding carboxylic acids is 1. The van der Waals surface area contributed by atoms with E-state index in [0.717, 1.165) is 23.9 Å². The zero-order valence-electron chi connectivity index (χ0n) is 13.5. The van der Waals surface area contributed by atoms with Crippen molar-refractivity contribution >= 4 is 50.0 Å². The molecule has 11 heteroatoms. The van der Waals surface area contributed by atoms with Crippen LogP contribution in [-0.2, 0) is 20.8 Å². The van der Waals surface area contributed by atoms with Gasteiger partial charge in [-0.3, -0.25) is 4.79 Å². The van der Waals surface area contributed by atoms with Gasteiger partial charge in [0.25, 0.3) is 0 Å². The van der Waals surface area contributed by atoms with Crippen molar-refractivity contribution in [2.45, 2.75) is 30.8 Å². The normalized spacial score (nSPS) is 26.3. The molecule has 1 aromatic rings. The molecule has 0 N–H and O–H groups in total. The van der Waals surface area contributed by atoms with Crippen LogP contribution < -0.4 is 4.90 Å². The third-order valence-corrected chi connectivity index (χ3v) is 7.66. The van der Waals surface area contributed by atoms with E-state index < -0.39 is 38.5 Å². The van der Waals surface area contributed by atoms with Crippen LogP contribution in [0.1, 0.15) is 18.9 Å². The van der Waals surface area contributed by atoms with E-state index in [-0.39, 0.29) is 34.0 Å². The van der Waals surface area contributed by atoms with Gasteiger partial charge in [0.15, 0.2) is 15.0 Å². The second-order valence-corrected chi connectivity index (χ2v) is 9.74. The Morgan fingerprint density at radius 1 is 1.38 bits per heavy atom.